The highest BCUT2D eigenvalue weighted by Crippen LogP contribution is 2.43. The van der Waals surface area contributed by atoms with Crippen LogP contribution >= 0.6 is 0 Å². The van der Waals surface area contributed by atoms with Crippen molar-refractivity contribution in [3.63, 3.8) is 0 Å². The molecule has 1 heterocycles. The van der Waals surface area contributed by atoms with Crippen molar-refractivity contribution >= 4 is 5.97 Å². The van der Waals surface area contributed by atoms with Gasteiger partial charge >= 0.3 is 5.97 Å². The van der Waals surface area contributed by atoms with E-state index in [9.17, 15) is 4.79 Å². The van der Waals surface area contributed by atoms with E-state index >= 15 is 0 Å². The van der Waals surface area contributed by atoms with E-state index in [4.69, 9.17) is 14.2 Å². The Bertz CT molecular complexity index is 796. The van der Waals surface area contributed by atoms with Gasteiger partial charge in [0.2, 0.25) is 0 Å². The lowest BCUT2D eigenvalue weighted by Crippen LogP contribution is -3.00. The summed E-state index contributed by atoms with van der Waals surface area (Å²) in [5.74, 6) is 1.25. The predicted molar refractivity (Wildman–Crippen MR) is 99.5 cm³/mol. The van der Waals surface area contributed by atoms with Crippen molar-refractivity contribution in [2.24, 2.45) is 0 Å². The topological polar surface area (TPSA) is 44.8 Å². The number of fused-ring (bicyclic) bond motifs is 1. The fraction of sp³-hybridized carbons (Fsp3) is 0.381. The van der Waals surface area contributed by atoms with Gasteiger partial charge in [-0.05, 0) is 17.7 Å². The number of halogens is 1. The Morgan fingerprint density at radius 3 is 2.30 bits per heavy atom. The van der Waals surface area contributed by atoms with Gasteiger partial charge in [0.1, 0.15) is 6.04 Å². The highest BCUT2D eigenvalue weighted by atomic mass is 79.9. The number of rotatable bonds is 5. The maximum Gasteiger partial charge on any atom is 0.361 e. The first-order valence-corrected chi connectivity index (χ1v) is 8.73. The zero-order valence-electron chi connectivity index (χ0n) is 16.2. The number of benzene rings is 2. The van der Waals surface area contributed by atoms with Crippen LogP contribution in [-0.4, -0.2) is 51.9 Å². The third kappa shape index (κ3) is 4.12. The van der Waals surface area contributed by atoms with Crippen molar-refractivity contribution in [1.82, 2.24) is 0 Å². The molecule has 0 saturated heterocycles. The number of hydrogen-bond donors (Lipinski definition) is 0. The van der Waals surface area contributed by atoms with Gasteiger partial charge in [0.25, 0.3) is 0 Å². The number of carbonyl (C=O) groups is 1. The molecule has 0 N–H and O–H groups in total. The molecule has 0 radical (unpaired) electrons. The number of nitrogens with zero attached hydrogens (tertiary/aromatic N) is 1. The zero-order valence-corrected chi connectivity index (χ0v) is 17.8. The minimum Gasteiger partial charge on any atom is -1.00 e. The molecule has 0 amide bonds. The quantitative estimate of drug-likeness (QED) is 0.488. The van der Waals surface area contributed by atoms with Gasteiger partial charge in [-0.15, -0.1) is 0 Å². The second kappa shape index (κ2) is 8.76. The summed E-state index contributed by atoms with van der Waals surface area (Å²) in [7, 11) is 6.86. The molecule has 0 aromatic heterocycles. The fourth-order valence-electron chi connectivity index (χ4n) is 3.95. The summed E-state index contributed by atoms with van der Waals surface area (Å²) in [6.07, 6.45) is 0.868. The largest absolute Gasteiger partial charge is 1.00 e. The lowest BCUT2D eigenvalue weighted by Gasteiger charge is -2.45. The minimum absolute atomic E-state index is 0. The van der Waals surface area contributed by atoms with Crippen LogP contribution in [0.4, 0.5) is 0 Å². The minimum atomic E-state index is -0.197. The molecular formula is C21H26BrNO4. The summed E-state index contributed by atoms with van der Waals surface area (Å²) in [5.41, 5.74) is 3.58. The van der Waals surface area contributed by atoms with Crippen LogP contribution in [0.25, 0.3) is 0 Å². The molecule has 2 atom stereocenters. The highest BCUT2D eigenvalue weighted by molar-refractivity contribution is 5.70. The standard InChI is InChI=1S/C21H26NO4.BrH/c1-22(14-20(23)26-4)11-10-16-12-18(24-2)19(25-3)13-17(16)21(22)15-8-6-5-7-9-15;/h5-9,12-13,21H,10-11,14H2,1-4H3;1H/q+1;/p-1/t21-,22-;/m1./s1. The van der Waals surface area contributed by atoms with Gasteiger partial charge in [0.15, 0.2) is 18.0 Å². The number of methoxy groups -OCH3 is 3. The van der Waals surface area contributed by atoms with Gasteiger partial charge in [-0.2, -0.15) is 0 Å². The van der Waals surface area contributed by atoms with Gasteiger partial charge in [0.05, 0.1) is 34.9 Å². The van der Waals surface area contributed by atoms with Gasteiger partial charge in [-0.1, -0.05) is 30.3 Å². The Hall–Kier alpha value is -2.05. The van der Waals surface area contributed by atoms with Crippen molar-refractivity contribution in [1.29, 1.82) is 0 Å². The molecule has 3 rings (SSSR count). The summed E-state index contributed by atoms with van der Waals surface area (Å²) >= 11 is 0. The molecule has 146 valence electrons. The van der Waals surface area contributed by atoms with Crippen LogP contribution in [0.1, 0.15) is 22.7 Å². The second-order valence-corrected chi connectivity index (χ2v) is 6.91. The number of carbonyl (C=O) groups excluding carboxylic acids is 1. The second-order valence-electron chi connectivity index (χ2n) is 6.91. The maximum atomic E-state index is 12.1. The van der Waals surface area contributed by atoms with E-state index in [1.807, 2.05) is 18.2 Å². The Labute approximate surface area is 171 Å². The fourth-order valence-corrected chi connectivity index (χ4v) is 3.95. The monoisotopic (exact) mass is 435 g/mol. The van der Waals surface area contributed by atoms with Gasteiger partial charge in [-0.3, -0.25) is 0 Å². The lowest BCUT2D eigenvalue weighted by molar-refractivity contribution is -0.928. The van der Waals surface area contributed by atoms with Gasteiger partial charge in [-0.25, -0.2) is 4.79 Å². The molecule has 0 spiro atoms. The average Bonchev–Trinajstić information content (AvgIpc) is 2.67. The number of hydrogen-bond acceptors (Lipinski definition) is 4. The van der Waals surface area contributed by atoms with Crippen molar-refractivity contribution in [2.45, 2.75) is 12.5 Å². The van der Waals surface area contributed by atoms with E-state index in [0.29, 0.717) is 16.8 Å². The van der Waals surface area contributed by atoms with E-state index in [2.05, 4.69) is 31.3 Å². The summed E-state index contributed by atoms with van der Waals surface area (Å²) < 4.78 is 16.5. The molecule has 1 aliphatic heterocycles. The number of ether oxygens (including phenoxy) is 3. The summed E-state index contributed by atoms with van der Waals surface area (Å²) in [6, 6.07) is 14.4. The number of likely N-dealkylation sites (N-methyl/N-ethyl adjacent to an activating group) is 1. The van der Waals surface area contributed by atoms with Crippen molar-refractivity contribution in [3.05, 3.63) is 59.2 Å². The van der Waals surface area contributed by atoms with Crippen LogP contribution in [-0.2, 0) is 16.0 Å². The van der Waals surface area contributed by atoms with Crippen molar-refractivity contribution in [3.8, 4) is 11.5 Å². The first-order chi connectivity index (χ1) is 12.5. The van der Waals surface area contributed by atoms with E-state index in [0.717, 1.165) is 18.7 Å². The molecule has 0 bridgehead atoms. The van der Waals surface area contributed by atoms with E-state index in [1.165, 1.54) is 23.8 Å². The van der Waals surface area contributed by atoms with Crippen LogP contribution < -0.4 is 26.5 Å². The van der Waals surface area contributed by atoms with E-state index in [1.54, 1.807) is 14.2 Å². The Morgan fingerprint density at radius 1 is 1.07 bits per heavy atom. The molecule has 1 aliphatic rings. The number of quaternary nitrogens is 1. The van der Waals surface area contributed by atoms with E-state index in [-0.39, 0.29) is 29.0 Å². The molecule has 27 heavy (non-hydrogen) atoms. The third-order valence-corrected chi connectivity index (χ3v) is 5.29. The molecule has 2 aromatic carbocycles. The average molecular weight is 436 g/mol. The van der Waals surface area contributed by atoms with Crippen LogP contribution in [0.2, 0.25) is 0 Å². The summed E-state index contributed by atoms with van der Waals surface area (Å²) in [6.45, 7) is 1.17. The molecule has 0 unspecified atom stereocenters. The highest BCUT2D eigenvalue weighted by Gasteiger charge is 2.42. The maximum absolute atomic E-state index is 12.1. The Morgan fingerprint density at radius 2 is 1.70 bits per heavy atom. The van der Waals surface area contributed by atoms with Gasteiger partial charge < -0.3 is 35.7 Å². The third-order valence-electron chi connectivity index (χ3n) is 5.29. The Balaban J connectivity index is 0.00000261. The normalized spacial score (nSPS) is 20.8. The van der Waals surface area contributed by atoms with Crippen LogP contribution in [0.3, 0.4) is 0 Å². The Kier molecular flexibility index (Phi) is 6.89. The molecule has 6 heteroatoms. The summed E-state index contributed by atoms with van der Waals surface area (Å²) in [4.78, 5) is 12.1. The molecule has 0 fully saturated rings. The molecule has 0 saturated carbocycles. The molecule has 5 nitrogen and oxygen atoms in total. The van der Waals surface area contributed by atoms with Crippen molar-refractivity contribution in [2.75, 3.05) is 41.5 Å². The van der Waals surface area contributed by atoms with Gasteiger partial charge in [0, 0.05) is 17.5 Å². The van der Waals surface area contributed by atoms with Crippen molar-refractivity contribution < 1.29 is 40.5 Å². The summed E-state index contributed by atoms with van der Waals surface area (Å²) in [5, 5.41) is 0. The van der Waals surface area contributed by atoms with Crippen LogP contribution in [0, 0.1) is 0 Å². The zero-order chi connectivity index (χ0) is 18.7. The number of esters is 1. The lowest BCUT2D eigenvalue weighted by atomic mass is 9.85. The van der Waals surface area contributed by atoms with Crippen LogP contribution in [0.15, 0.2) is 42.5 Å². The molecular weight excluding hydrogens is 410 g/mol. The molecule has 0 aliphatic carbocycles. The van der Waals surface area contributed by atoms with E-state index < -0.39 is 0 Å². The smallest absolute Gasteiger partial charge is 0.361 e. The van der Waals surface area contributed by atoms with Crippen LogP contribution in [0.5, 0.6) is 11.5 Å². The molecule has 2 aromatic rings. The first-order valence-electron chi connectivity index (χ1n) is 8.73. The SMILES string of the molecule is COC(=O)C[N@@+]1(C)CCc2cc(OC)c(OC)cc2[C@H]1c1ccccc1.[Br-]. The predicted octanol–water partition coefficient (Wildman–Crippen LogP) is -0.0271. The first kappa shape index (κ1) is 21.3.